The van der Waals surface area contributed by atoms with Crippen LogP contribution in [-0.2, 0) is 11.3 Å². The fourth-order valence-electron chi connectivity index (χ4n) is 4.98. The number of fused-ring (bicyclic) bond motifs is 2. The van der Waals surface area contributed by atoms with E-state index in [1.165, 1.54) is 5.39 Å². The summed E-state index contributed by atoms with van der Waals surface area (Å²) in [4.78, 5) is 13.2. The van der Waals surface area contributed by atoms with Gasteiger partial charge in [0, 0.05) is 23.0 Å². The highest BCUT2D eigenvalue weighted by Crippen LogP contribution is 2.42. The number of hydroxylamine groups is 1. The van der Waals surface area contributed by atoms with Crippen LogP contribution in [0.5, 0.6) is 0 Å². The van der Waals surface area contributed by atoms with Crippen LogP contribution >= 0.6 is 0 Å². The molecule has 1 atom stereocenters. The lowest BCUT2D eigenvalue weighted by Crippen LogP contribution is -2.27. The van der Waals surface area contributed by atoms with E-state index in [0.717, 1.165) is 58.1 Å². The highest BCUT2D eigenvalue weighted by molar-refractivity contribution is 6.00. The Morgan fingerprint density at radius 1 is 0.882 bits per heavy atom. The zero-order valence-corrected chi connectivity index (χ0v) is 19.2. The molecule has 1 unspecified atom stereocenters. The van der Waals surface area contributed by atoms with Gasteiger partial charge in [0.15, 0.2) is 0 Å². The maximum absolute atomic E-state index is 13.2. The summed E-state index contributed by atoms with van der Waals surface area (Å²) in [7, 11) is 0. The van der Waals surface area contributed by atoms with Gasteiger partial charge in [-0.25, -0.2) is 5.48 Å². The molecule has 170 valence electrons. The van der Waals surface area contributed by atoms with Crippen LogP contribution in [-0.4, -0.2) is 15.7 Å². The summed E-state index contributed by atoms with van der Waals surface area (Å²) in [5, 5.41) is 13.1. The maximum atomic E-state index is 13.2. The minimum atomic E-state index is -0.652. The third kappa shape index (κ3) is 3.87. The third-order valence-corrected chi connectivity index (χ3v) is 6.56. The van der Waals surface area contributed by atoms with E-state index in [2.05, 4.69) is 54.0 Å². The van der Waals surface area contributed by atoms with Crippen molar-refractivity contribution in [2.24, 2.45) is 0 Å². The minimum absolute atomic E-state index is 0.438. The van der Waals surface area contributed by atoms with Crippen molar-refractivity contribution in [3.8, 4) is 11.3 Å². The number of hydrogen-bond donors (Lipinski definition) is 2. The first-order valence-electron chi connectivity index (χ1n) is 11.8. The van der Waals surface area contributed by atoms with Gasteiger partial charge >= 0.3 is 0 Å². The SMILES string of the molecule is CCCCn1c(-c2ccc3ccccc3c2)c(C(C(=O)NO)c2ccccc2)c2ccccc21. The van der Waals surface area contributed by atoms with Gasteiger partial charge in [-0.05, 0) is 40.5 Å². The number of nitrogens with zero attached hydrogens (tertiary/aromatic N) is 1. The molecule has 0 aliphatic rings. The van der Waals surface area contributed by atoms with Crippen LogP contribution in [0.1, 0.15) is 36.8 Å². The Labute approximate surface area is 199 Å². The van der Waals surface area contributed by atoms with Gasteiger partial charge in [-0.1, -0.05) is 98.3 Å². The molecule has 34 heavy (non-hydrogen) atoms. The summed E-state index contributed by atoms with van der Waals surface area (Å²) in [6, 6.07) is 32.8. The second-order valence-electron chi connectivity index (χ2n) is 8.67. The predicted octanol–water partition coefficient (Wildman–Crippen LogP) is 6.90. The average Bonchev–Trinajstić information content (AvgIpc) is 3.21. The largest absolute Gasteiger partial charge is 0.340 e. The summed E-state index contributed by atoms with van der Waals surface area (Å²) in [5.41, 5.74) is 6.88. The molecule has 4 aromatic carbocycles. The van der Waals surface area contributed by atoms with Crippen LogP contribution in [0.4, 0.5) is 0 Å². The molecule has 0 aliphatic heterocycles. The molecule has 1 amide bonds. The van der Waals surface area contributed by atoms with Gasteiger partial charge < -0.3 is 4.57 Å². The number of unbranched alkanes of at least 4 members (excludes halogenated alkanes) is 1. The Kier molecular flexibility index (Phi) is 6.15. The summed E-state index contributed by atoms with van der Waals surface area (Å²) < 4.78 is 2.35. The van der Waals surface area contributed by atoms with Crippen LogP contribution in [0.25, 0.3) is 32.9 Å². The summed E-state index contributed by atoms with van der Waals surface area (Å²) in [5.74, 6) is -1.09. The van der Waals surface area contributed by atoms with Gasteiger partial charge in [-0.2, -0.15) is 0 Å². The molecular formula is C30H28N2O2. The Morgan fingerprint density at radius 2 is 1.59 bits per heavy atom. The number of hydrogen-bond acceptors (Lipinski definition) is 2. The van der Waals surface area contributed by atoms with Gasteiger partial charge in [-0.3, -0.25) is 10.0 Å². The van der Waals surface area contributed by atoms with Crippen LogP contribution in [0, 0.1) is 0 Å². The molecule has 0 radical (unpaired) electrons. The number of para-hydroxylation sites is 1. The zero-order valence-electron chi connectivity index (χ0n) is 19.2. The minimum Gasteiger partial charge on any atom is -0.340 e. The van der Waals surface area contributed by atoms with Crippen molar-refractivity contribution in [3.63, 3.8) is 0 Å². The molecule has 0 aliphatic carbocycles. The van der Waals surface area contributed by atoms with Gasteiger partial charge in [-0.15, -0.1) is 0 Å². The number of rotatable bonds is 7. The monoisotopic (exact) mass is 448 g/mol. The second kappa shape index (κ2) is 9.54. The molecule has 0 spiro atoms. The van der Waals surface area contributed by atoms with E-state index in [1.54, 1.807) is 0 Å². The molecule has 4 nitrogen and oxygen atoms in total. The summed E-state index contributed by atoms with van der Waals surface area (Å²) in [6.07, 6.45) is 2.10. The number of carbonyl (C=O) groups excluding carboxylic acids is 1. The second-order valence-corrected chi connectivity index (χ2v) is 8.67. The molecule has 4 heteroatoms. The Balaban J connectivity index is 1.87. The van der Waals surface area contributed by atoms with Gasteiger partial charge in [0.1, 0.15) is 0 Å². The summed E-state index contributed by atoms with van der Waals surface area (Å²) in [6.45, 7) is 3.04. The molecule has 2 N–H and O–H groups in total. The van der Waals surface area contributed by atoms with Crippen LogP contribution < -0.4 is 5.48 Å². The summed E-state index contributed by atoms with van der Waals surface area (Å²) >= 11 is 0. The number of nitrogens with one attached hydrogen (secondary N) is 1. The molecule has 1 heterocycles. The lowest BCUT2D eigenvalue weighted by atomic mass is 9.86. The number of amides is 1. The molecule has 0 bridgehead atoms. The van der Waals surface area contributed by atoms with Crippen molar-refractivity contribution >= 4 is 27.6 Å². The first-order valence-corrected chi connectivity index (χ1v) is 11.8. The van der Waals surface area contributed by atoms with E-state index < -0.39 is 11.8 Å². The number of carbonyl (C=O) groups is 1. The normalized spacial score (nSPS) is 12.2. The highest BCUT2D eigenvalue weighted by atomic mass is 16.5. The first kappa shape index (κ1) is 21.9. The Morgan fingerprint density at radius 3 is 2.35 bits per heavy atom. The van der Waals surface area contributed by atoms with Gasteiger partial charge in [0.2, 0.25) is 0 Å². The van der Waals surface area contributed by atoms with E-state index in [9.17, 15) is 10.0 Å². The number of benzene rings is 4. The topological polar surface area (TPSA) is 54.3 Å². The van der Waals surface area contributed by atoms with Crippen molar-refractivity contribution in [1.82, 2.24) is 10.0 Å². The Bertz CT molecular complexity index is 1450. The van der Waals surface area contributed by atoms with E-state index in [1.807, 2.05) is 60.1 Å². The molecule has 0 saturated heterocycles. The van der Waals surface area contributed by atoms with Crippen LogP contribution in [0.3, 0.4) is 0 Å². The fourth-order valence-corrected chi connectivity index (χ4v) is 4.98. The molecule has 1 aromatic heterocycles. The molecule has 0 saturated carbocycles. The third-order valence-electron chi connectivity index (χ3n) is 6.56. The molecule has 5 aromatic rings. The van der Waals surface area contributed by atoms with Gasteiger partial charge in [0.05, 0.1) is 11.6 Å². The Hall–Kier alpha value is -3.89. The number of aryl methyl sites for hydroxylation is 1. The zero-order chi connectivity index (χ0) is 23.5. The quantitative estimate of drug-likeness (QED) is 0.210. The standard InChI is InChI=1S/C30H28N2O2/c1-2-3-19-32-26-16-10-9-15-25(26)28(27(30(33)31-34)22-12-5-4-6-13-22)29(32)24-18-17-21-11-7-8-14-23(21)20-24/h4-18,20,27,34H,2-3,19H2,1H3,(H,31,33). The van der Waals surface area contributed by atoms with Crippen LogP contribution in [0.15, 0.2) is 97.1 Å². The number of aromatic nitrogens is 1. The van der Waals surface area contributed by atoms with E-state index in [-0.39, 0.29) is 0 Å². The fraction of sp³-hybridized carbons (Fsp3) is 0.167. The van der Waals surface area contributed by atoms with Crippen molar-refractivity contribution in [2.75, 3.05) is 0 Å². The van der Waals surface area contributed by atoms with E-state index in [4.69, 9.17) is 0 Å². The lowest BCUT2D eigenvalue weighted by Gasteiger charge is -2.19. The molecule has 5 rings (SSSR count). The van der Waals surface area contributed by atoms with E-state index >= 15 is 0 Å². The lowest BCUT2D eigenvalue weighted by molar-refractivity contribution is -0.129. The van der Waals surface area contributed by atoms with Crippen molar-refractivity contribution in [2.45, 2.75) is 32.2 Å². The molecule has 0 fully saturated rings. The van der Waals surface area contributed by atoms with Crippen LogP contribution in [0.2, 0.25) is 0 Å². The maximum Gasteiger partial charge on any atom is 0.255 e. The molecular weight excluding hydrogens is 420 g/mol. The smallest absolute Gasteiger partial charge is 0.255 e. The van der Waals surface area contributed by atoms with Gasteiger partial charge in [0.25, 0.3) is 5.91 Å². The first-order chi connectivity index (χ1) is 16.7. The van der Waals surface area contributed by atoms with Crippen molar-refractivity contribution < 1.29 is 10.0 Å². The van der Waals surface area contributed by atoms with Crippen molar-refractivity contribution in [1.29, 1.82) is 0 Å². The average molecular weight is 449 g/mol. The van der Waals surface area contributed by atoms with E-state index in [0.29, 0.717) is 0 Å². The van der Waals surface area contributed by atoms with Crippen molar-refractivity contribution in [3.05, 3.63) is 108 Å². The highest BCUT2D eigenvalue weighted by Gasteiger charge is 2.31. The predicted molar refractivity (Wildman–Crippen MR) is 138 cm³/mol.